The second-order valence-electron chi connectivity index (χ2n) is 3.01. The van der Waals surface area contributed by atoms with Crippen LogP contribution in [0.4, 0.5) is 0 Å². The highest BCUT2D eigenvalue weighted by atomic mass is 16.5. The minimum Gasteiger partial charge on any atom is -0.480 e. The van der Waals surface area contributed by atoms with Gasteiger partial charge in [-0.25, -0.2) is 0 Å². The van der Waals surface area contributed by atoms with Crippen LogP contribution in [0.5, 0.6) is 0 Å². The fraction of sp³-hybridized carbons (Fsp3) is 0.875. The summed E-state index contributed by atoms with van der Waals surface area (Å²) >= 11 is 0. The number of carbonyl (C=O) groups is 1. The molecule has 0 amide bonds. The third kappa shape index (κ3) is 6.12. The van der Waals surface area contributed by atoms with Crippen molar-refractivity contribution in [2.75, 3.05) is 6.61 Å². The molecule has 4 heteroatoms. The van der Waals surface area contributed by atoms with E-state index < -0.39 is 12.0 Å². The van der Waals surface area contributed by atoms with Gasteiger partial charge in [0.05, 0.1) is 6.10 Å². The highest BCUT2D eigenvalue weighted by Gasteiger charge is 2.09. The van der Waals surface area contributed by atoms with E-state index in [0.29, 0.717) is 19.4 Å². The summed E-state index contributed by atoms with van der Waals surface area (Å²) in [6, 6.07) is -0.749. The van der Waals surface area contributed by atoms with Crippen LogP contribution in [-0.4, -0.2) is 29.8 Å². The maximum Gasteiger partial charge on any atom is 0.320 e. The first-order valence-corrected chi connectivity index (χ1v) is 4.14. The van der Waals surface area contributed by atoms with Gasteiger partial charge in [0.2, 0.25) is 0 Å². The van der Waals surface area contributed by atoms with Crippen LogP contribution in [0.25, 0.3) is 0 Å². The van der Waals surface area contributed by atoms with Gasteiger partial charge in [0, 0.05) is 6.61 Å². The van der Waals surface area contributed by atoms with Gasteiger partial charge in [-0.15, -0.1) is 0 Å². The van der Waals surface area contributed by atoms with Crippen LogP contribution in [-0.2, 0) is 9.53 Å². The van der Waals surface area contributed by atoms with Gasteiger partial charge in [-0.05, 0) is 26.7 Å². The van der Waals surface area contributed by atoms with Crippen LogP contribution in [0.3, 0.4) is 0 Å². The highest BCUT2D eigenvalue weighted by Crippen LogP contribution is 1.97. The zero-order chi connectivity index (χ0) is 9.56. The zero-order valence-electron chi connectivity index (χ0n) is 7.62. The number of aliphatic carboxylic acids is 1. The standard InChI is InChI=1S/C8H17NO3/c1-6(2)12-5-3-4-7(9)8(10)11/h6-7H,3-5,9H2,1-2H3,(H,10,11)/t7-/m0/s1. The Morgan fingerprint density at radius 2 is 2.17 bits per heavy atom. The van der Waals surface area contributed by atoms with Crippen LogP contribution in [0.15, 0.2) is 0 Å². The molecule has 0 radical (unpaired) electrons. The van der Waals surface area contributed by atoms with Crippen LogP contribution in [0, 0.1) is 0 Å². The number of carboxylic acids is 1. The first-order chi connectivity index (χ1) is 5.54. The molecule has 72 valence electrons. The van der Waals surface area contributed by atoms with Crippen LogP contribution in [0.1, 0.15) is 26.7 Å². The van der Waals surface area contributed by atoms with Crippen molar-refractivity contribution in [1.82, 2.24) is 0 Å². The number of hydrogen-bond donors (Lipinski definition) is 2. The summed E-state index contributed by atoms with van der Waals surface area (Å²) in [5, 5.41) is 8.42. The first-order valence-electron chi connectivity index (χ1n) is 4.14. The SMILES string of the molecule is CC(C)OCCC[C@H](N)C(=O)O. The van der Waals surface area contributed by atoms with E-state index in [1.165, 1.54) is 0 Å². The Morgan fingerprint density at radius 1 is 1.58 bits per heavy atom. The number of ether oxygens (including phenoxy) is 1. The first kappa shape index (κ1) is 11.4. The number of rotatable bonds is 6. The topological polar surface area (TPSA) is 72.5 Å². The van der Waals surface area contributed by atoms with Gasteiger partial charge in [-0.2, -0.15) is 0 Å². The lowest BCUT2D eigenvalue weighted by Gasteiger charge is -2.08. The van der Waals surface area contributed by atoms with Gasteiger partial charge in [-0.1, -0.05) is 0 Å². The normalized spacial score (nSPS) is 13.3. The Balaban J connectivity index is 3.25. The third-order valence-electron chi connectivity index (χ3n) is 1.43. The van der Waals surface area contributed by atoms with E-state index in [-0.39, 0.29) is 6.10 Å². The predicted octanol–water partition coefficient (Wildman–Crippen LogP) is 0.603. The molecule has 0 saturated carbocycles. The van der Waals surface area contributed by atoms with Crippen molar-refractivity contribution in [1.29, 1.82) is 0 Å². The number of hydrogen-bond acceptors (Lipinski definition) is 3. The third-order valence-corrected chi connectivity index (χ3v) is 1.43. The summed E-state index contributed by atoms with van der Waals surface area (Å²) in [4.78, 5) is 10.3. The molecule has 0 spiro atoms. The Bertz CT molecular complexity index is 136. The Kier molecular flexibility index (Phi) is 5.66. The van der Waals surface area contributed by atoms with Gasteiger partial charge in [0.1, 0.15) is 6.04 Å². The largest absolute Gasteiger partial charge is 0.480 e. The molecule has 0 aromatic carbocycles. The van der Waals surface area contributed by atoms with Gasteiger partial charge in [-0.3, -0.25) is 4.79 Å². The molecule has 0 aliphatic carbocycles. The average Bonchev–Trinajstić information content (AvgIpc) is 1.97. The summed E-state index contributed by atoms with van der Waals surface area (Å²) in [6.45, 7) is 4.47. The molecule has 0 aliphatic heterocycles. The molecule has 1 atom stereocenters. The Labute approximate surface area is 72.7 Å². The van der Waals surface area contributed by atoms with E-state index in [1.54, 1.807) is 0 Å². The minimum atomic E-state index is -0.945. The van der Waals surface area contributed by atoms with E-state index in [9.17, 15) is 4.79 Å². The highest BCUT2D eigenvalue weighted by molar-refractivity contribution is 5.72. The second-order valence-corrected chi connectivity index (χ2v) is 3.01. The molecule has 0 aliphatic rings. The van der Waals surface area contributed by atoms with Gasteiger partial charge in [0.25, 0.3) is 0 Å². The minimum absolute atomic E-state index is 0.200. The molecule has 12 heavy (non-hydrogen) atoms. The molecule has 0 rings (SSSR count). The van der Waals surface area contributed by atoms with E-state index in [0.717, 1.165) is 0 Å². The smallest absolute Gasteiger partial charge is 0.320 e. The number of nitrogens with two attached hydrogens (primary N) is 1. The monoisotopic (exact) mass is 175 g/mol. The molecule has 0 fully saturated rings. The van der Waals surface area contributed by atoms with Crippen molar-refractivity contribution in [3.8, 4) is 0 Å². The van der Waals surface area contributed by atoms with Crippen molar-refractivity contribution >= 4 is 5.97 Å². The van der Waals surface area contributed by atoms with Crippen LogP contribution < -0.4 is 5.73 Å². The van der Waals surface area contributed by atoms with E-state index in [1.807, 2.05) is 13.8 Å². The molecule has 4 nitrogen and oxygen atoms in total. The Hall–Kier alpha value is -0.610. The summed E-state index contributed by atoms with van der Waals surface area (Å²) in [5.74, 6) is -0.945. The van der Waals surface area contributed by atoms with Crippen molar-refractivity contribution in [3.63, 3.8) is 0 Å². The maximum atomic E-state index is 10.3. The van der Waals surface area contributed by atoms with E-state index >= 15 is 0 Å². The van der Waals surface area contributed by atoms with Crippen LogP contribution in [0.2, 0.25) is 0 Å². The van der Waals surface area contributed by atoms with Crippen molar-refractivity contribution in [3.05, 3.63) is 0 Å². The fourth-order valence-electron chi connectivity index (χ4n) is 0.746. The molecule has 0 bridgehead atoms. The van der Waals surface area contributed by atoms with Gasteiger partial charge < -0.3 is 15.6 Å². The molecule has 3 N–H and O–H groups in total. The molecular formula is C8H17NO3. The predicted molar refractivity (Wildman–Crippen MR) is 45.9 cm³/mol. The lowest BCUT2D eigenvalue weighted by molar-refractivity contribution is -0.138. The number of carboxylic acid groups (broad SMARTS) is 1. The molecular weight excluding hydrogens is 158 g/mol. The van der Waals surface area contributed by atoms with Crippen molar-refractivity contribution < 1.29 is 14.6 Å². The zero-order valence-corrected chi connectivity index (χ0v) is 7.62. The van der Waals surface area contributed by atoms with Crippen molar-refractivity contribution in [2.24, 2.45) is 5.73 Å². The van der Waals surface area contributed by atoms with E-state index in [2.05, 4.69) is 0 Å². The Morgan fingerprint density at radius 3 is 2.58 bits per heavy atom. The lowest BCUT2D eigenvalue weighted by atomic mass is 10.2. The quantitative estimate of drug-likeness (QED) is 0.580. The second kappa shape index (κ2) is 5.97. The molecule has 0 unspecified atom stereocenters. The van der Waals surface area contributed by atoms with E-state index in [4.69, 9.17) is 15.6 Å². The average molecular weight is 175 g/mol. The lowest BCUT2D eigenvalue weighted by Crippen LogP contribution is -2.30. The van der Waals surface area contributed by atoms with Gasteiger partial charge in [0.15, 0.2) is 0 Å². The molecule has 0 aromatic heterocycles. The van der Waals surface area contributed by atoms with Crippen LogP contribution >= 0.6 is 0 Å². The fourth-order valence-corrected chi connectivity index (χ4v) is 0.746. The maximum absolute atomic E-state index is 10.3. The molecule has 0 aromatic rings. The summed E-state index contributed by atoms with van der Waals surface area (Å²) in [6.07, 6.45) is 1.37. The summed E-state index contributed by atoms with van der Waals surface area (Å²) in [7, 11) is 0. The molecule has 0 heterocycles. The van der Waals surface area contributed by atoms with Crippen molar-refractivity contribution in [2.45, 2.75) is 38.8 Å². The molecule has 0 saturated heterocycles. The van der Waals surface area contributed by atoms with Gasteiger partial charge >= 0.3 is 5.97 Å². The summed E-state index contributed by atoms with van der Waals surface area (Å²) < 4.78 is 5.22. The summed E-state index contributed by atoms with van der Waals surface area (Å²) in [5.41, 5.74) is 5.28.